The molecule has 8 nitrogen and oxygen atoms in total. The third-order valence-corrected chi connectivity index (χ3v) is 2.55. The predicted molar refractivity (Wildman–Crippen MR) is 51.5 cm³/mol. The number of rotatable bonds is 6. The van der Waals surface area contributed by atoms with E-state index in [1.165, 1.54) is 7.05 Å². The van der Waals surface area contributed by atoms with Crippen LogP contribution in [0.4, 0.5) is 0 Å². The highest BCUT2D eigenvalue weighted by atomic mass is 32.2. The first kappa shape index (κ1) is 14.7. The molecule has 0 aliphatic carbocycles. The van der Waals surface area contributed by atoms with Gasteiger partial charge in [-0.1, -0.05) is 0 Å². The summed E-state index contributed by atoms with van der Waals surface area (Å²) in [5.74, 6) is -1.01. The van der Waals surface area contributed by atoms with Crippen molar-refractivity contribution < 1.29 is 27.9 Å². The number of carbonyl (C=O) groups excluding carboxylic acids is 1. The molecule has 0 saturated heterocycles. The van der Waals surface area contributed by atoms with Gasteiger partial charge < -0.3 is 19.2 Å². The molecule has 0 heterocycles. The zero-order valence-electron chi connectivity index (χ0n) is 7.95. The van der Waals surface area contributed by atoms with E-state index in [4.69, 9.17) is 9.79 Å². The molecule has 0 aromatic rings. The van der Waals surface area contributed by atoms with Crippen LogP contribution in [0.5, 0.6) is 0 Å². The Morgan fingerprint density at radius 1 is 1.60 bits per heavy atom. The highest BCUT2D eigenvalue weighted by Crippen LogP contribution is 2.31. The lowest BCUT2D eigenvalue weighted by Crippen LogP contribution is -2.37. The fourth-order valence-electron chi connectivity index (χ4n) is 0.674. The Balaban J connectivity index is 3.84. The summed E-state index contributed by atoms with van der Waals surface area (Å²) in [5.41, 5.74) is 0. The van der Waals surface area contributed by atoms with E-state index in [0.717, 1.165) is 4.90 Å². The number of likely N-dealkylation sites (N-methyl/N-ethyl adjacent to an activating group) is 1. The molecule has 0 aromatic heterocycles. The Morgan fingerprint density at radius 3 is 2.53 bits per heavy atom. The molecule has 3 N–H and O–H groups in total. The van der Waals surface area contributed by atoms with Crippen LogP contribution in [0.15, 0.2) is 0 Å². The van der Waals surface area contributed by atoms with Gasteiger partial charge in [0.2, 0.25) is 5.91 Å². The van der Waals surface area contributed by atoms with Crippen molar-refractivity contribution in [3.63, 3.8) is 0 Å². The number of hydrogen-bond acceptors (Lipinski definition) is 5. The Bertz CT molecular complexity index is 291. The first-order valence-corrected chi connectivity index (χ1v) is 6.81. The molecule has 15 heavy (non-hydrogen) atoms. The molecule has 0 spiro atoms. The number of carbonyl (C=O) groups is 1. The fourth-order valence-corrected chi connectivity index (χ4v) is 1.54. The molecular weight excluding hydrogens is 247 g/mol. The maximum absolute atomic E-state index is 11.1. The van der Waals surface area contributed by atoms with Crippen molar-refractivity contribution in [1.29, 1.82) is 0 Å². The molecule has 1 unspecified atom stereocenters. The van der Waals surface area contributed by atoms with Gasteiger partial charge in [0.05, 0.1) is 18.7 Å². The first-order valence-electron chi connectivity index (χ1n) is 3.77. The lowest BCUT2D eigenvalue weighted by Gasteiger charge is -2.18. The molecule has 0 fully saturated rings. The van der Waals surface area contributed by atoms with Crippen molar-refractivity contribution in [1.82, 2.24) is 10.2 Å². The minimum Gasteiger partial charge on any atom is -0.771 e. The van der Waals surface area contributed by atoms with E-state index < -0.39 is 36.7 Å². The summed E-state index contributed by atoms with van der Waals surface area (Å²) >= 11 is -2.37. The monoisotopic (exact) mass is 259 g/mol. The summed E-state index contributed by atoms with van der Waals surface area (Å²) in [6, 6.07) is 0. The highest BCUT2D eigenvalue weighted by Gasteiger charge is 2.14. The molecule has 1 amide bonds. The Morgan fingerprint density at radius 2 is 2.13 bits per heavy atom. The summed E-state index contributed by atoms with van der Waals surface area (Å²) in [6.45, 7) is -0.321. The largest absolute Gasteiger partial charge is 0.771 e. The van der Waals surface area contributed by atoms with Crippen LogP contribution in [0.2, 0.25) is 0 Å². The van der Waals surface area contributed by atoms with Gasteiger partial charge in [-0.2, -0.15) is 0 Å². The van der Waals surface area contributed by atoms with Gasteiger partial charge in [0.15, 0.2) is 0 Å². The van der Waals surface area contributed by atoms with Crippen LogP contribution in [0.25, 0.3) is 0 Å². The number of amides is 1. The van der Waals surface area contributed by atoms with Crippen LogP contribution in [0.1, 0.15) is 0 Å². The molecule has 0 bridgehead atoms. The average Bonchev–Trinajstić information content (AvgIpc) is 2.00. The van der Waals surface area contributed by atoms with Crippen LogP contribution < -0.4 is 5.32 Å². The SMILES string of the molecule is CN(CS(=O)[O-])C(=O)CNCP(=O)(O)O. The quantitative estimate of drug-likeness (QED) is 0.371. The standard InChI is InChI=1S/C5H13N2O6PS/c1-7(4-15(12)13)5(8)2-6-3-14(9,10)11/h6H,2-4H2,1H3,(H,12,13)(H2,9,10,11)/p-1. The molecule has 10 heteroatoms. The maximum Gasteiger partial charge on any atom is 0.339 e. The first-order chi connectivity index (χ1) is 6.72. The molecule has 1 atom stereocenters. The Labute approximate surface area is 89.1 Å². The van der Waals surface area contributed by atoms with E-state index in [9.17, 15) is 18.1 Å². The third kappa shape index (κ3) is 8.67. The summed E-state index contributed by atoms with van der Waals surface area (Å²) < 4.78 is 30.8. The topological polar surface area (TPSA) is 130 Å². The smallest absolute Gasteiger partial charge is 0.339 e. The molecule has 0 rings (SSSR count). The summed E-state index contributed by atoms with van der Waals surface area (Å²) in [4.78, 5) is 28.9. The van der Waals surface area contributed by atoms with Gasteiger partial charge in [0, 0.05) is 7.05 Å². The van der Waals surface area contributed by atoms with Crippen LogP contribution in [0.3, 0.4) is 0 Å². The van der Waals surface area contributed by atoms with Gasteiger partial charge >= 0.3 is 7.60 Å². The molecule has 0 radical (unpaired) electrons. The van der Waals surface area contributed by atoms with Crippen molar-refractivity contribution in [3.05, 3.63) is 0 Å². The third-order valence-electron chi connectivity index (χ3n) is 1.32. The zero-order valence-corrected chi connectivity index (χ0v) is 9.66. The summed E-state index contributed by atoms with van der Waals surface area (Å²) in [6.07, 6.45) is -0.618. The van der Waals surface area contributed by atoms with Crippen LogP contribution in [-0.2, 0) is 20.4 Å². The number of hydrogen-bond donors (Lipinski definition) is 3. The Hall–Kier alpha value is -0.310. The summed E-state index contributed by atoms with van der Waals surface area (Å²) in [5, 5.41) is 2.22. The predicted octanol–water partition coefficient (Wildman–Crippen LogP) is -1.99. The van der Waals surface area contributed by atoms with E-state index in [1.54, 1.807) is 0 Å². The molecule has 0 aromatic carbocycles. The normalized spacial score (nSPS) is 13.6. The molecular formula is C5H12N2O6PS-. The zero-order chi connectivity index (χ0) is 12.1. The molecule has 0 aliphatic rings. The van der Waals surface area contributed by atoms with Gasteiger partial charge in [-0.25, -0.2) is 0 Å². The van der Waals surface area contributed by atoms with Crippen LogP contribution in [0, 0.1) is 0 Å². The van der Waals surface area contributed by atoms with E-state index >= 15 is 0 Å². The van der Waals surface area contributed by atoms with E-state index in [1.807, 2.05) is 0 Å². The Kier molecular flexibility index (Phi) is 6.18. The fraction of sp³-hybridized carbons (Fsp3) is 0.800. The maximum atomic E-state index is 11.1. The van der Waals surface area contributed by atoms with Crippen LogP contribution >= 0.6 is 7.60 Å². The minimum absolute atomic E-state index is 0.321. The second kappa shape index (κ2) is 6.31. The molecule has 90 valence electrons. The lowest BCUT2D eigenvalue weighted by atomic mass is 10.5. The minimum atomic E-state index is -4.18. The van der Waals surface area contributed by atoms with Gasteiger partial charge in [-0.3, -0.25) is 18.9 Å². The summed E-state index contributed by atoms with van der Waals surface area (Å²) in [7, 11) is -2.91. The van der Waals surface area contributed by atoms with Gasteiger partial charge in [0.1, 0.15) is 0 Å². The number of nitrogens with zero attached hydrogens (tertiary/aromatic N) is 1. The second-order valence-corrected chi connectivity index (χ2v) is 5.29. The number of nitrogens with one attached hydrogen (secondary N) is 1. The van der Waals surface area contributed by atoms with Crippen molar-refractivity contribution in [2.24, 2.45) is 0 Å². The van der Waals surface area contributed by atoms with Gasteiger partial charge in [0.25, 0.3) is 0 Å². The second-order valence-electron chi connectivity index (χ2n) is 2.77. The highest BCUT2D eigenvalue weighted by molar-refractivity contribution is 7.79. The molecule has 0 aliphatic heterocycles. The van der Waals surface area contributed by atoms with Gasteiger partial charge in [-0.05, 0) is 11.1 Å². The van der Waals surface area contributed by atoms with E-state index in [2.05, 4.69) is 5.32 Å². The molecule has 0 saturated carbocycles. The van der Waals surface area contributed by atoms with Crippen molar-refractivity contribution in [2.45, 2.75) is 0 Å². The van der Waals surface area contributed by atoms with E-state index in [-0.39, 0.29) is 6.54 Å². The van der Waals surface area contributed by atoms with E-state index in [0.29, 0.717) is 0 Å². The van der Waals surface area contributed by atoms with Crippen molar-refractivity contribution in [3.8, 4) is 0 Å². The average molecular weight is 259 g/mol. The van der Waals surface area contributed by atoms with Crippen molar-refractivity contribution >= 4 is 24.6 Å². The van der Waals surface area contributed by atoms with Gasteiger partial charge in [-0.15, -0.1) is 0 Å². The van der Waals surface area contributed by atoms with Crippen LogP contribution in [-0.4, -0.2) is 55.1 Å². The lowest BCUT2D eigenvalue weighted by molar-refractivity contribution is -0.128. The van der Waals surface area contributed by atoms with Crippen molar-refractivity contribution in [2.75, 3.05) is 25.8 Å².